The Morgan fingerprint density at radius 3 is 2.62 bits per heavy atom. The summed E-state index contributed by atoms with van der Waals surface area (Å²) < 4.78 is 36.4. The third-order valence-corrected chi connectivity index (χ3v) is 2.84. The van der Waals surface area contributed by atoms with Gasteiger partial charge in [-0.25, -0.2) is 0 Å². The SMILES string of the molecule is CN1CCCC(CN(C)C(=O)C(F)(F)F)C1. The number of carbonyl (C=O) groups excluding carboxylic acids is 1. The molecule has 1 rings (SSSR count). The maximum Gasteiger partial charge on any atom is 0.471 e. The van der Waals surface area contributed by atoms with E-state index in [4.69, 9.17) is 0 Å². The van der Waals surface area contributed by atoms with Crippen molar-refractivity contribution < 1.29 is 18.0 Å². The zero-order valence-corrected chi connectivity index (χ0v) is 9.55. The van der Waals surface area contributed by atoms with Crippen LogP contribution in [0.1, 0.15) is 12.8 Å². The van der Waals surface area contributed by atoms with Crippen molar-refractivity contribution >= 4 is 5.91 Å². The second-order valence-corrected chi connectivity index (χ2v) is 4.45. The van der Waals surface area contributed by atoms with Gasteiger partial charge in [0, 0.05) is 20.1 Å². The van der Waals surface area contributed by atoms with Crippen LogP contribution in [0.5, 0.6) is 0 Å². The van der Waals surface area contributed by atoms with E-state index >= 15 is 0 Å². The number of amides is 1. The number of hydrogen-bond acceptors (Lipinski definition) is 2. The number of hydrogen-bond donors (Lipinski definition) is 0. The van der Waals surface area contributed by atoms with Crippen LogP contribution >= 0.6 is 0 Å². The van der Waals surface area contributed by atoms with E-state index in [2.05, 4.69) is 4.90 Å². The van der Waals surface area contributed by atoms with Gasteiger partial charge >= 0.3 is 12.1 Å². The normalized spacial score (nSPS) is 23.2. The summed E-state index contributed by atoms with van der Waals surface area (Å²) in [5, 5.41) is 0. The zero-order valence-electron chi connectivity index (χ0n) is 9.55. The second kappa shape index (κ2) is 5.03. The molecule has 1 aliphatic heterocycles. The second-order valence-electron chi connectivity index (χ2n) is 4.45. The molecular weight excluding hydrogens is 221 g/mol. The molecule has 1 amide bonds. The fraction of sp³-hybridized carbons (Fsp3) is 0.900. The van der Waals surface area contributed by atoms with E-state index in [1.54, 1.807) is 0 Å². The minimum Gasteiger partial charge on any atom is -0.338 e. The van der Waals surface area contributed by atoms with Crippen molar-refractivity contribution in [1.82, 2.24) is 9.80 Å². The van der Waals surface area contributed by atoms with E-state index in [1.165, 1.54) is 7.05 Å². The maximum atomic E-state index is 12.1. The van der Waals surface area contributed by atoms with Crippen LogP contribution in [-0.4, -0.2) is 55.6 Å². The summed E-state index contributed by atoms with van der Waals surface area (Å²) in [6, 6.07) is 0. The van der Waals surface area contributed by atoms with Crippen molar-refractivity contribution in [3.63, 3.8) is 0 Å². The summed E-state index contributed by atoms with van der Waals surface area (Å²) in [5.41, 5.74) is 0. The minimum absolute atomic E-state index is 0.148. The standard InChI is InChI=1S/C10H17F3N2O/c1-14-5-3-4-8(6-14)7-15(2)9(16)10(11,12)13/h8H,3-7H2,1-2H3. The Morgan fingerprint density at radius 1 is 1.50 bits per heavy atom. The van der Waals surface area contributed by atoms with Gasteiger partial charge < -0.3 is 9.80 Å². The molecule has 0 bridgehead atoms. The summed E-state index contributed by atoms with van der Waals surface area (Å²) >= 11 is 0. The summed E-state index contributed by atoms with van der Waals surface area (Å²) in [5.74, 6) is -1.60. The lowest BCUT2D eigenvalue weighted by Crippen LogP contribution is -2.44. The lowest BCUT2D eigenvalue weighted by atomic mass is 9.98. The summed E-state index contributed by atoms with van der Waals surface area (Å²) in [6.45, 7) is 1.92. The molecule has 0 aromatic carbocycles. The smallest absolute Gasteiger partial charge is 0.338 e. The van der Waals surface area contributed by atoms with Gasteiger partial charge in [-0.05, 0) is 32.4 Å². The number of alkyl halides is 3. The molecule has 1 unspecified atom stereocenters. The van der Waals surface area contributed by atoms with Crippen molar-refractivity contribution in [2.24, 2.45) is 5.92 Å². The van der Waals surface area contributed by atoms with Gasteiger partial charge in [0.25, 0.3) is 0 Å². The van der Waals surface area contributed by atoms with Crippen LogP contribution < -0.4 is 0 Å². The van der Waals surface area contributed by atoms with Crippen molar-refractivity contribution in [2.75, 3.05) is 33.7 Å². The average Bonchev–Trinajstić information content (AvgIpc) is 2.15. The van der Waals surface area contributed by atoms with Crippen LogP contribution in [0.25, 0.3) is 0 Å². The molecule has 3 nitrogen and oxygen atoms in total. The number of piperidine rings is 1. The van der Waals surface area contributed by atoms with Gasteiger partial charge in [-0.2, -0.15) is 13.2 Å². The van der Waals surface area contributed by atoms with E-state index in [9.17, 15) is 18.0 Å². The molecule has 1 atom stereocenters. The molecule has 1 aliphatic rings. The van der Waals surface area contributed by atoms with Crippen molar-refractivity contribution in [3.05, 3.63) is 0 Å². The first-order chi connectivity index (χ1) is 7.30. The number of nitrogens with zero attached hydrogens (tertiary/aromatic N) is 2. The highest BCUT2D eigenvalue weighted by Gasteiger charge is 2.41. The molecule has 0 spiro atoms. The van der Waals surface area contributed by atoms with Crippen molar-refractivity contribution in [3.8, 4) is 0 Å². The molecule has 1 heterocycles. The first-order valence-electron chi connectivity index (χ1n) is 5.31. The number of likely N-dealkylation sites (tertiary alicyclic amines) is 1. The van der Waals surface area contributed by atoms with Crippen molar-refractivity contribution in [2.45, 2.75) is 19.0 Å². The van der Waals surface area contributed by atoms with Crippen LogP contribution in [0.4, 0.5) is 13.2 Å². The molecule has 0 saturated carbocycles. The molecule has 0 aromatic rings. The number of halogens is 3. The van der Waals surface area contributed by atoms with Crippen LogP contribution in [-0.2, 0) is 4.79 Å². The van der Waals surface area contributed by atoms with E-state index in [1.807, 2.05) is 7.05 Å². The molecule has 0 radical (unpaired) electrons. The van der Waals surface area contributed by atoms with Crippen molar-refractivity contribution in [1.29, 1.82) is 0 Å². The van der Waals surface area contributed by atoms with E-state index in [-0.39, 0.29) is 12.5 Å². The predicted octanol–water partition coefficient (Wildman–Crippen LogP) is 1.35. The average molecular weight is 238 g/mol. The fourth-order valence-corrected chi connectivity index (χ4v) is 2.11. The quantitative estimate of drug-likeness (QED) is 0.725. The van der Waals surface area contributed by atoms with Gasteiger partial charge in [-0.15, -0.1) is 0 Å². The Bertz CT molecular complexity index is 255. The molecule has 16 heavy (non-hydrogen) atoms. The van der Waals surface area contributed by atoms with Crippen LogP contribution in [0.15, 0.2) is 0 Å². The minimum atomic E-state index is -4.75. The lowest BCUT2D eigenvalue weighted by molar-refractivity contribution is -0.184. The third-order valence-electron chi connectivity index (χ3n) is 2.84. The molecule has 0 N–H and O–H groups in total. The fourth-order valence-electron chi connectivity index (χ4n) is 2.11. The van der Waals surface area contributed by atoms with Gasteiger partial charge in [0.2, 0.25) is 0 Å². The summed E-state index contributed by atoms with van der Waals surface area (Å²) in [7, 11) is 3.15. The molecule has 1 saturated heterocycles. The van der Waals surface area contributed by atoms with Gasteiger partial charge in [0.1, 0.15) is 0 Å². The highest BCUT2D eigenvalue weighted by atomic mass is 19.4. The molecule has 94 valence electrons. The monoisotopic (exact) mass is 238 g/mol. The molecule has 0 aromatic heterocycles. The highest BCUT2D eigenvalue weighted by Crippen LogP contribution is 2.21. The zero-order chi connectivity index (χ0) is 12.3. The van der Waals surface area contributed by atoms with Gasteiger partial charge in [0.05, 0.1) is 0 Å². The largest absolute Gasteiger partial charge is 0.471 e. The van der Waals surface area contributed by atoms with Gasteiger partial charge in [-0.1, -0.05) is 0 Å². The molecule has 1 fully saturated rings. The van der Waals surface area contributed by atoms with Crippen LogP contribution in [0.3, 0.4) is 0 Å². The summed E-state index contributed by atoms with van der Waals surface area (Å²) in [6.07, 6.45) is -2.88. The Balaban J connectivity index is 2.44. The number of rotatable bonds is 2. The maximum absolute atomic E-state index is 12.1. The molecule has 6 heteroatoms. The van der Waals surface area contributed by atoms with E-state index < -0.39 is 12.1 Å². The van der Waals surface area contributed by atoms with Gasteiger partial charge in [0.15, 0.2) is 0 Å². The Kier molecular flexibility index (Phi) is 4.18. The Morgan fingerprint density at radius 2 is 2.12 bits per heavy atom. The Labute approximate surface area is 93.2 Å². The predicted molar refractivity (Wildman–Crippen MR) is 53.9 cm³/mol. The van der Waals surface area contributed by atoms with Crippen LogP contribution in [0.2, 0.25) is 0 Å². The third kappa shape index (κ3) is 3.66. The Hall–Kier alpha value is -0.780. The van der Waals surface area contributed by atoms with E-state index in [0.717, 1.165) is 30.8 Å². The molecular formula is C10H17F3N2O. The first kappa shape index (κ1) is 13.3. The highest BCUT2D eigenvalue weighted by molar-refractivity contribution is 5.81. The topological polar surface area (TPSA) is 23.6 Å². The van der Waals surface area contributed by atoms with Crippen LogP contribution in [0, 0.1) is 5.92 Å². The van der Waals surface area contributed by atoms with Gasteiger partial charge in [-0.3, -0.25) is 4.79 Å². The summed E-state index contributed by atoms with van der Waals surface area (Å²) in [4.78, 5) is 13.8. The number of carbonyl (C=O) groups is 1. The first-order valence-corrected chi connectivity index (χ1v) is 5.31. The van der Waals surface area contributed by atoms with E-state index in [0.29, 0.717) is 0 Å². The lowest BCUT2D eigenvalue weighted by Gasteiger charge is -2.32. The molecule has 0 aliphatic carbocycles.